The van der Waals surface area contributed by atoms with E-state index >= 15 is 0 Å². The third kappa shape index (κ3) is 2.77. The number of nitriles is 1. The van der Waals surface area contributed by atoms with Gasteiger partial charge in [-0.3, -0.25) is 0 Å². The van der Waals surface area contributed by atoms with E-state index in [9.17, 15) is 0 Å². The van der Waals surface area contributed by atoms with Gasteiger partial charge in [-0.1, -0.05) is 29.3 Å². The molecule has 0 aliphatic rings. The Morgan fingerprint density at radius 2 is 2.08 bits per heavy atom. The van der Waals surface area contributed by atoms with Crippen molar-refractivity contribution in [3.8, 4) is 6.07 Å². The van der Waals surface area contributed by atoms with Gasteiger partial charge in [0.2, 0.25) is 0 Å². The number of nitrogens with zero attached hydrogens (tertiary/aromatic N) is 1. The highest BCUT2D eigenvalue weighted by atomic mass is 35.5. The number of alkyl halides is 1. The minimum atomic E-state index is -0.366. The molecule has 0 N–H and O–H groups in total. The molecule has 0 saturated carbocycles. The zero-order valence-electron chi connectivity index (χ0n) is 6.60. The highest BCUT2D eigenvalue weighted by molar-refractivity contribution is 6.35. The third-order valence-corrected chi connectivity index (χ3v) is 2.52. The van der Waals surface area contributed by atoms with Crippen molar-refractivity contribution in [3.05, 3.63) is 33.8 Å². The lowest BCUT2D eigenvalue weighted by molar-refractivity contribution is 0.967. The van der Waals surface area contributed by atoms with E-state index < -0.39 is 0 Å². The summed E-state index contributed by atoms with van der Waals surface area (Å²) in [5, 5.41) is 9.14. The van der Waals surface area contributed by atoms with Gasteiger partial charge in [0.1, 0.15) is 0 Å². The monoisotopic (exact) mass is 233 g/mol. The first kappa shape index (κ1) is 10.7. The lowest BCUT2D eigenvalue weighted by Gasteiger charge is -2.07. The van der Waals surface area contributed by atoms with E-state index in [-0.39, 0.29) is 11.8 Å². The van der Waals surface area contributed by atoms with Crippen LogP contribution < -0.4 is 0 Å². The highest BCUT2D eigenvalue weighted by Crippen LogP contribution is 2.31. The molecule has 0 radical (unpaired) electrons. The molecular formula is C9H6Cl3N. The van der Waals surface area contributed by atoms with Gasteiger partial charge in [-0.15, -0.1) is 11.6 Å². The van der Waals surface area contributed by atoms with E-state index in [1.54, 1.807) is 18.2 Å². The van der Waals surface area contributed by atoms with Crippen molar-refractivity contribution in [3.63, 3.8) is 0 Å². The Balaban J connectivity index is 2.96. The fourth-order valence-electron chi connectivity index (χ4n) is 0.946. The largest absolute Gasteiger partial charge is 0.198 e. The maximum atomic E-state index is 8.44. The van der Waals surface area contributed by atoms with Crippen molar-refractivity contribution < 1.29 is 0 Å². The molecule has 4 heteroatoms. The Hall–Kier alpha value is -0.420. The second-order valence-corrected chi connectivity index (χ2v) is 3.87. The fourth-order valence-corrected chi connectivity index (χ4v) is 1.80. The summed E-state index contributed by atoms with van der Waals surface area (Å²) in [6.45, 7) is 0. The van der Waals surface area contributed by atoms with Crippen LogP contribution in [0.2, 0.25) is 10.0 Å². The van der Waals surface area contributed by atoms with Crippen LogP contribution in [-0.4, -0.2) is 0 Å². The lowest BCUT2D eigenvalue weighted by atomic mass is 10.1. The Morgan fingerprint density at radius 1 is 1.38 bits per heavy atom. The quantitative estimate of drug-likeness (QED) is 0.704. The zero-order valence-corrected chi connectivity index (χ0v) is 8.87. The first-order valence-corrected chi connectivity index (χ1v) is 4.80. The molecule has 0 saturated heterocycles. The van der Waals surface area contributed by atoms with Crippen molar-refractivity contribution in [2.24, 2.45) is 0 Å². The highest BCUT2D eigenvalue weighted by Gasteiger charge is 2.11. The van der Waals surface area contributed by atoms with E-state index in [0.29, 0.717) is 10.0 Å². The second-order valence-electron chi connectivity index (χ2n) is 2.50. The third-order valence-electron chi connectivity index (χ3n) is 1.57. The van der Waals surface area contributed by atoms with Gasteiger partial charge in [-0.05, 0) is 17.7 Å². The first-order valence-electron chi connectivity index (χ1n) is 3.61. The van der Waals surface area contributed by atoms with Crippen LogP contribution >= 0.6 is 34.8 Å². The normalized spacial score (nSPS) is 12.2. The predicted molar refractivity (Wildman–Crippen MR) is 55.3 cm³/mol. The fraction of sp³-hybridized carbons (Fsp3) is 0.222. The van der Waals surface area contributed by atoms with E-state index in [2.05, 4.69) is 0 Å². The average Bonchev–Trinajstić information content (AvgIpc) is 2.04. The van der Waals surface area contributed by atoms with Crippen LogP contribution in [0.25, 0.3) is 0 Å². The molecule has 0 aromatic heterocycles. The molecule has 1 rings (SSSR count). The molecule has 0 aliphatic heterocycles. The summed E-state index contributed by atoms with van der Waals surface area (Å²) in [7, 11) is 0. The number of benzene rings is 1. The van der Waals surface area contributed by atoms with Crippen molar-refractivity contribution in [1.82, 2.24) is 0 Å². The molecule has 0 amide bonds. The van der Waals surface area contributed by atoms with Crippen LogP contribution in [0.4, 0.5) is 0 Å². The first-order chi connectivity index (χ1) is 6.15. The van der Waals surface area contributed by atoms with Crippen molar-refractivity contribution in [1.29, 1.82) is 5.26 Å². The molecule has 0 heterocycles. The van der Waals surface area contributed by atoms with Crippen LogP contribution in [-0.2, 0) is 0 Å². The predicted octanol–water partition coefficient (Wildman–Crippen LogP) is 4.19. The molecule has 1 atom stereocenters. The van der Waals surface area contributed by atoms with E-state index in [1.165, 1.54) is 0 Å². The van der Waals surface area contributed by atoms with Gasteiger partial charge in [0, 0.05) is 10.0 Å². The number of halogens is 3. The molecular weight excluding hydrogens is 228 g/mol. The summed E-state index contributed by atoms with van der Waals surface area (Å²) in [5.41, 5.74) is 0.745. The smallest absolute Gasteiger partial charge is 0.0729 e. The summed E-state index contributed by atoms with van der Waals surface area (Å²) in [6.07, 6.45) is 0.239. The van der Waals surface area contributed by atoms with Crippen molar-refractivity contribution in [2.75, 3.05) is 0 Å². The maximum Gasteiger partial charge on any atom is 0.0729 e. The summed E-state index contributed by atoms with van der Waals surface area (Å²) in [6, 6.07) is 7.04. The van der Waals surface area contributed by atoms with Crippen LogP contribution in [0.5, 0.6) is 0 Å². The molecule has 1 nitrogen and oxygen atoms in total. The standard InChI is InChI=1S/C9H6Cl3N/c10-6-1-2-7(9(12)5-6)8(11)3-4-13/h1-2,5,8H,3H2. The molecule has 13 heavy (non-hydrogen) atoms. The van der Waals surface area contributed by atoms with Crippen LogP contribution in [0.3, 0.4) is 0 Å². The Bertz CT molecular complexity index is 343. The van der Waals surface area contributed by atoms with E-state index in [4.69, 9.17) is 40.1 Å². The second kappa shape index (κ2) is 4.72. The van der Waals surface area contributed by atoms with E-state index in [0.717, 1.165) is 5.56 Å². The topological polar surface area (TPSA) is 23.8 Å². The van der Waals surface area contributed by atoms with Gasteiger partial charge >= 0.3 is 0 Å². The lowest BCUT2D eigenvalue weighted by Crippen LogP contribution is -1.89. The number of rotatable bonds is 2. The Morgan fingerprint density at radius 3 is 2.62 bits per heavy atom. The van der Waals surface area contributed by atoms with Crippen molar-refractivity contribution >= 4 is 34.8 Å². The SMILES string of the molecule is N#CCC(Cl)c1ccc(Cl)cc1Cl. The van der Waals surface area contributed by atoms with Crippen LogP contribution in [0.15, 0.2) is 18.2 Å². The van der Waals surface area contributed by atoms with Gasteiger partial charge in [0.15, 0.2) is 0 Å². The minimum absolute atomic E-state index is 0.239. The van der Waals surface area contributed by atoms with Crippen LogP contribution in [0.1, 0.15) is 17.4 Å². The van der Waals surface area contributed by atoms with Gasteiger partial charge in [0.25, 0.3) is 0 Å². The van der Waals surface area contributed by atoms with Gasteiger partial charge in [0.05, 0.1) is 17.9 Å². The Kier molecular flexibility index (Phi) is 3.87. The summed E-state index contributed by atoms with van der Waals surface area (Å²) in [5.74, 6) is 0. The van der Waals surface area contributed by atoms with E-state index in [1.807, 2.05) is 6.07 Å². The summed E-state index contributed by atoms with van der Waals surface area (Å²) < 4.78 is 0. The summed E-state index contributed by atoms with van der Waals surface area (Å²) in [4.78, 5) is 0. The molecule has 1 aromatic carbocycles. The molecule has 1 unspecified atom stereocenters. The molecule has 68 valence electrons. The van der Waals surface area contributed by atoms with Crippen LogP contribution in [0, 0.1) is 11.3 Å². The number of hydrogen-bond donors (Lipinski definition) is 0. The molecule has 1 aromatic rings. The van der Waals surface area contributed by atoms with Gasteiger partial charge < -0.3 is 0 Å². The van der Waals surface area contributed by atoms with Crippen molar-refractivity contribution in [2.45, 2.75) is 11.8 Å². The molecule has 0 fully saturated rings. The zero-order chi connectivity index (χ0) is 9.84. The maximum absolute atomic E-state index is 8.44. The average molecular weight is 235 g/mol. The minimum Gasteiger partial charge on any atom is -0.198 e. The summed E-state index contributed by atoms with van der Waals surface area (Å²) >= 11 is 17.5. The number of hydrogen-bond acceptors (Lipinski definition) is 1. The van der Waals surface area contributed by atoms with Gasteiger partial charge in [-0.2, -0.15) is 5.26 Å². The molecule has 0 bridgehead atoms. The Labute approximate surface area is 91.8 Å². The molecule has 0 aliphatic carbocycles. The van der Waals surface area contributed by atoms with Gasteiger partial charge in [-0.25, -0.2) is 0 Å². The molecule has 0 spiro atoms.